The normalized spacial score (nSPS) is 21.4. The van der Waals surface area contributed by atoms with Crippen molar-refractivity contribution in [3.63, 3.8) is 0 Å². The zero-order valence-electron chi connectivity index (χ0n) is 10.6. The fraction of sp³-hybridized carbons (Fsp3) is 0.833. The Balaban J connectivity index is 2.11. The highest BCUT2D eigenvalue weighted by atomic mass is 16.5. The molecule has 0 saturated heterocycles. The van der Waals surface area contributed by atoms with Crippen LogP contribution in [-0.2, 0) is 10.3 Å². The number of nitrogens with two attached hydrogens (primary N) is 1. The van der Waals surface area contributed by atoms with Crippen molar-refractivity contribution in [3.05, 3.63) is 11.7 Å². The minimum absolute atomic E-state index is 0.135. The number of hydrogen-bond donors (Lipinski definition) is 1. The fourth-order valence-electron chi connectivity index (χ4n) is 2.32. The summed E-state index contributed by atoms with van der Waals surface area (Å²) in [5.74, 6) is 1.16. The summed E-state index contributed by atoms with van der Waals surface area (Å²) in [5.41, 5.74) is 5.91. The first-order valence-electron chi connectivity index (χ1n) is 6.40. The van der Waals surface area contributed by atoms with Gasteiger partial charge >= 0.3 is 0 Å². The lowest BCUT2D eigenvalue weighted by atomic mass is 9.82. The van der Waals surface area contributed by atoms with Gasteiger partial charge < -0.3 is 15.0 Å². The van der Waals surface area contributed by atoms with Crippen LogP contribution in [0, 0.1) is 0 Å². The summed E-state index contributed by atoms with van der Waals surface area (Å²) in [7, 11) is 0. The average molecular weight is 239 g/mol. The Kier molecular flexibility index (Phi) is 3.79. The summed E-state index contributed by atoms with van der Waals surface area (Å²) in [4.78, 5) is 4.40. The first-order chi connectivity index (χ1) is 8.15. The van der Waals surface area contributed by atoms with Crippen molar-refractivity contribution in [1.82, 2.24) is 10.1 Å². The number of nitrogens with zero attached hydrogens (tertiary/aromatic N) is 2. The maximum Gasteiger partial charge on any atom is 0.246 e. The molecule has 1 aromatic heterocycles. The van der Waals surface area contributed by atoms with Crippen LogP contribution < -0.4 is 5.73 Å². The molecule has 1 aromatic rings. The van der Waals surface area contributed by atoms with Crippen LogP contribution in [0.3, 0.4) is 0 Å². The predicted molar refractivity (Wildman–Crippen MR) is 63.3 cm³/mol. The second kappa shape index (κ2) is 5.14. The molecule has 0 aliphatic heterocycles. The molecule has 5 heteroatoms. The molecule has 0 radical (unpaired) electrons. The molecule has 1 aliphatic rings. The lowest BCUT2D eigenvalue weighted by molar-refractivity contribution is 0.0683. The highest BCUT2D eigenvalue weighted by Gasteiger charge is 2.35. The van der Waals surface area contributed by atoms with Gasteiger partial charge in [-0.05, 0) is 26.7 Å². The molecule has 96 valence electrons. The molecule has 2 N–H and O–H groups in total. The topological polar surface area (TPSA) is 74.2 Å². The van der Waals surface area contributed by atoms with E-state index in [1.807, 2.05) is 13.8 Å². The Hall–Kier alpha value is -0.940. The van der Waals surface area contributed by atoms with Crippen LogP contribution in [0.15, 0.2) is 4.52 Å². The molecule has 1 atom stereocenters. The Morgan fingerprint density at radius 3 is 2.76 bits per heavy atom. The Bertz CT molecular complexity index is 358. The van der Waals surface area contributed by atoms with Gasteiger partial charge in [0.25, 0.3) is 0 Å². The maximum absolute atomic E-state index is 6.33. The van der Waals surface area contributed by atoms with Crippen molar-refractivity contribution in [3.8, 4) is 0 Å². The van der Waals surface area contributed by atoms with Gasteiger partial charge in [0.1, 0.15) is 6.10 Å². The lowest BCUT2D eigenvalue weighted by Gasteiger charge is -2.29. The lowest BCUT2D eigenvalue weighted by Crippen LogP contribution is -2.39. The Morgan fingerprint density at radius 1 is 1.41 bits per heavy atom. The zero-order valence-corrected chi connectivity index (χ0v) is 10.6. The molecule has 17 heavy (non-hydrogen) atoms. The second-order valence-corrected chi connectivity index (χ2v) is 4.77. The largest absolute Gasteiger partial charge is 0.371 e. The van der Waals surface area contributed by atoms with E-state index in [0.717, 1.165) is 25.7 Å². The van der Waals surface area contributed by atoms with Gasteiger partial charge in [-0.3, -0.25) is 0 Å². The molecule has 1 heterocycles. The molecule has 1 fully saturated rings. The monoisotopic (exact) mass is 239 g/mol. The summed E-state index contributed by atoms with van der Waals surface area (Å²) in [6.45, 7) is 4.50. The van der Waals surface area contributed by atoms with Gasteiger partial charge in [-0.2, -0.15) is 4.98 Å². The van der Waals surface area contributed by atoms with Crippen LogP contribution in [0.25, 0.3) is 0 Å². The van der Waals surface area contributed by atoms with Crippen LogP contribution >= 0.6 is 0 Å². The number of rotatable bonds is 4. The molecule has 1 aliphatic carbocycles. The molecule has 1 unspecified atom stereocenters. The molecule has 2 rings (SSSR count). The quantitative estimate of drug-likeness (QED) is 0.872. The van der Waals surface area contributed by atoms with Crippen molar-refractivity contribution in [1.29, 1.82) is 0 Å². The fourth-order valence-corrected chi connectivity index (χ4v) is 2.32. The Morgan fingerprint density at radius 2 is 2.12 bits per heavy atom. The van der Waals surface area contributed by atoms with E-state index in [-0.39, 0.29) is 6.10 Å². The van der Waals surface area contributed by atoms with Crippen LogP contribution in [0.2, 0.25) is 0 Å². The number of ether oxygens (including phenoxy) is 1. The number of aromatic nitrogens is 2. The Labute approximate surface area is 102 Å². The van der Waals surface area contributed by atoms with E-state index < -0.39 is 5.54 Å². The second-order valence-electron chi connectivity index (χ2n) is 4.77. The van der Waals surface area contributed by atoms with Gasteiger partial charge in [0.2, 0.25) is 5.89 Å². The summed E-state index contributed by atoms with van der Waals surface area (Å²) in [6, 6.07) is 0. The highest BCUT2D eigenvalue weighted by Crippen LogP contribution is 2.34. The summed E-state index contributed by atoms with van der Waals surface area (Å²) in [5, 5.41) is 3.96. The van der Waals surface area contributed by atoms with E-state index in [1.165, 1.54) is 6.42 Å². The van der Waals surface area contributed by atoms with Crippen molar-refractivity contribution in [2.75, 3.05) is 6.61 Å². The van der Waals surface area contributed by atoms with Gasteiger partial charge in [-0.1, -0.05) is 24.4 Å². The smallest absolute Gasteiger partial charge is 0.246 e. The minimum atomic E-state index is -0.421. The first kappa shape index (κ1) is 12.5. The van der Waals surface area contributed by atoms with E-state index in [4.69, 9.17) is 15.0 Å². The van der Waals surface area contributed by atoms with Crippen LogP contribution in [0.5, 0.6) is 0 Å². The zero-order chi connectivity index (χ0) is 12.3. The number of hydrogen-bond acceptors (Lipinski definition) is 5. The highest BCUT2D eigenvalue weighted by molar-refractivity contribution is 5.04. The van der Waals surface area contributed by atoms with Gasteiger partial charge in [-0.15, -0.1) is 0 Å². The standard InChI is InChI=1S/C12H21N3O2/c1-3-16-9(2)10-14-11(17-15-10)12(13)7-5-4-6-8-12/h9H,3-8,13H2,1-2H3. The average Bonchev–Trinajstić information content (AvgIpc) is 2.80. The molecular formula is C12H21N3O2. The van der Waals surface area contributed by atoms with Crippen molar-refractivity contribution < 1.29 is 9.26 Å². The van der Waals surface area contributed by atoms with Crippen LogP contribution in [0.4, 0.5) is 0 Å². The summed E-state index contributed by atoms with van der Waals surface area (Å²) < 4.78 is 10.7. The van der Waals surface area contributed by atoms with Crippen LogP contribution in [-0.4, -0.2) is 16.7 Å². The minimum Gasteiger partial charge on any atom is -0.371 e. The van der Waals surface area contributed by atoms with Crippen molar-refractivity contribution in [2.24, 2.45) is 5.73 Å². The maximum atomic E-state index is 6.33. The van der Waals surface area contributed by atoms with Crippen LogP contribution in [0.1, 0.15) is 63.8 Å². The van der Waals surface area contributed by atoms with Gasteiger partial charge in [0.05, 0.1) is 5.54 Å². The van der Waals surface area contributed by atoms with E-state index in [0.29, 0.717) is 18.3 Å². The van der Waals surface area contributed by atoms with Gasteiger partial charge in [0.15, 0.2) is 5.82 Å². The summed E-state index contributed by atoms with van der Waals surface area (Å²) >= 11 is 0. The SMILES string of the molecule is CCOC(C)c1noc(C2(N)CCCCC2)n1. The third-order valence-corrected chi connectivity index (χ3v) is 3.39. The van der Waals surface area contributed by atoms with E-state index in [1.54, 1.807) is 0 Å². The predicted octanol–water partition coefficient (Wildman–Crippen LogP) is 2.29. The molecule has 0 amide bonds. The van der Waals surface area contributed by atoms with Crippen molar-refractivity contribution >= 4 is 0 Å². The molecular weight excluding hydrogens is 218 g/mol. The van der Waals surface area contributed by atoms with E-state index in [2.05, 4.69) is 10.1 Å². The molecule has 0 spiro atoms. The van der Waals surface area contributed by atoms with E-state index in [9.17, 15) is 0 Å². The van der Waals surface area contributed by atoms with Gasteiger partial charge in [0, 0.05) is 6.61 Å². The molecule has 5 nitrogen and oxygen atoms in total. The molecule has 0 bridgehead atoms. The molecule has 1 saturated carbocycles. The van der Waals surface area contributed by atoms with Gasteiger partial charge in [-0.25, -0.2) is 0 Å². The summed E-state index contributed by atoms with van der Waals surface area (Å²) in [6.07, 6.45) is 5.24. The molecule has 0 aromatic carbocycles. The first-order valence-corrected chi connectivity index (χ1v) is 6.40. The third-order valence-electron chi connectivity index (χ3n) is 3.39. The third kappa shape index (κ3) is 2.66. The van der Waals surface area contributed by atoms with E-state index >= 15 is 0 Å². The van der Waals surface area contributed by atoms with Crippen molar-refractivity contribution in [2.45, 2.75) is 57.6 Å².